The van der Waals surface area contributed by atoms with E-state index in [0.717, 1.165) is 37.0 Å². The van der Waals surface area contributed by atoms with Crippen molar-refractivity contribution in [2.75, 3.05) is 5.32 Å². The number of benzene rings is 1. The number of nitrogens with one attached hydrogen (secondary N) is 1. The molecule has 0 fully saturated rings. The van der Waals surface area contributed by atoms with E-state index >= 15 is 0 Å². The Morgan fingerprint density at radius 2 is 1.96 bits per heavy atom. The maximum atomic E-state index is 13.0. The van der Waals surface area contributed by atoms with Gasteiger partial charge in [-0.1, -0.05) is 32.4 Å². The summed E-state index contributed by atoms with van der Waals surface area (Å²) >= 11 is 7.19. The summed E-state index contributed by atoms with van der Waals surface area (Å²) in [5.74, 6) is 0.183. The second kappa shape index (κ2) is 7.13. The van der Waals surface area contributed by atoms with Crippen LogP contribution in [0.5, 0.6) is 0 Å². The zero-order valence-electron chi connectivity index (χ0n) is 15.3. The van der Waals surface area contributed by atoms with E-state index in [1.807, 2.05) is 5.38 Å². The number of carbonyl (C=O) groups excluding carboxylic acids is 1. The molecule has 2 aromatic rings. The van der Waals surface area contributed by atoms with Crippen LogP contribution >= 0.6 is 22.9 Å². The van der Waals surface area contributed by atoms with Gasteiger partial charge in [0, 0.05) is 15.9 Å². The topological polar surface area (TPSA) is 29.1 Å². The first-order valence-electron chi connectivity index (χ1n) is 8.74. The number of carbonyl (C=O) groups is 1. The molecule has 0 spiro atoms. The van der Waals surface area contributed by atoms with Crippen molar-refractivity contribution in [1.82, 2.24) is 0 Å². The normalized spacial score (nSPS) is 17.5. The largest absolute Gasteiger partial charge is 0.417 e. The van der Waals surface area contributed by atoms with Gasteiger partial charge in [0.15, 0.2) is 0 Å². The monoisotopic (exact) mass is 415 g/mol. The molecule has 1 atom stereocenters. The maximum absolute atomic E-state index is 13.0. The van der Waals surface area contributed by atoms with Crippen LogP contribution in [0.1, 0.15) is 53.6 Å². The van der Waals surface area contributed by atoms with Crippen molar-refractivity contribution in [3.05, 3.63) is 50.2 Å². The summed E-state index contributed by atoms with van der Waals surface area (Å²) in [6.45, 7) is 6.67. The summed E-state index contributed by atoms with van der Waals surface area (Å²) in [6.07, 6.45) is -1.80. The summed E-state index contributed by atoms with van der Waals surface area (Å²) in [6, 6.07) is 3.40. The van der Waals surface area contributed by atoms with E-state index in [4.69, 9.17) is 11.6 Å². The minimum Gasteiger partial charge on any atom is -0.322 e. The molecule has 1 heterocycles. The lowest BCUT2D eigenvalue weighted by molar-refractivity contribution is -0.137. The molecule has 2 nitrogen and oxygen atoms in total. The third-order valence-corrected chi connectivity index (χ3v) is 6.54. The molecule has 0 radical (unpaired) electrons. The van der Waals surface area contributed by atoms with E-state index in [2.05, 4.69) is 26.1 Å². The Kier molecular flexibility index (Phi) is 5.34. The fourth-order valence-corrected chi connectivity index (χ4v) is 4.85. The molecule has 1 aromatic heterocycles. The van der Waals surface area contributed by atoms with E-state index < -0.39 is 11.7 Å². The van der Waals surface area contributed by atoms with Crippen molar-refractivity contribution < 1.29 is 18.0 Å². The van der Waals surface area contributed by atoms with Crippen LogP contribution in [-0.4, -0.2) is 5.91 Å². The van der Waals surface area contributed by atoms with Crippen LogP contribution in [0.25, 0.3) is 0 Å². The fourth-order valence-electron chi connectivity index (χ4n) is 3.46. The zero-order valence-corrected chi connectivity index (χ0v) is 16.9. The molecule has 0 saturated heterocycles. The third kappa shape index (κ3) is 4.32. The summed E-state index contributed by atoms with van der Waals surface area (Å²) in [7, 11) is 0. The summed E-state index contributed by atoms with van der Waals surface area (Å²) in [5.41, 5.74) is 0.928. The van der Waals surface area contributed by atoms with Crippen LogP contribution < -0.4 is 5.32 Å². The van der Waals surface area contributed by atoms with Gasteiger partial charge in [-0.3, -0.25) is 4.79 Å². The van der Waals surface area contributed by atoms with Crippen molar-refractivity contribution in [2.24, 2.45) is 11.3 Å². The second-order valence-corrected chi connectivity index (χ2v) is 9.37. The zero-order chi connectivity index (χ0) is 20.0. The Hall–Kier alpha value is -1.53. The molecule has 1 unspecified atom stereocenters. The van der Waals surface area contributed by atoms with Crippen molar-refractivity contribution in [1.29, 1.82) is 0 Å². The first-order valence-corrected chi connectivity index (χ1v) is 10.00. The number of thiophene rings is 1. The van der Waals surface area contributed by atoms with Gasteiger partial charge in [0.2, 0.25) is 0 Å². The third-order valence-electron chi connectivity index (χ3n) is 5.15. The number of alkyl halides is 3. The van der Waals surface area contributed by atoms with Crippen molar-refractivity contribution in [3.63, 3.8) is 0 Å². The van der Waals surface area contributed by atoms with Gasteiger partial charge >= 0.3 is 6.18 Å². The smallest absolute Gasteiger partial charge is 0.322 e. The van der Waals surface area contributed by atoms with Crippen LogP contribution in [0.4, 0.5) is 18.9 Å². The van der Waals surface area contributed by atoms with Crippen molar-refractivity contribution >= 4 is 34.5 Å². The molecule has 1 N–H and O–H groups in total. The number of halogens is 4. The number of amides is 1. The highest BCUT2D eigenvalue weighted by Gasteiger charge is 2.34. The number of hydrogen-bond donors (Lipinski definition) is 1. The Labute approximate surface area is 165 Å². The molecule has 0 saturated carbocycles. The number of fused-ring (bicyclic) bond motifs is 1. The quantitative estimate of drug-likeness (QED) is 0.572. The maximum Gasteiger partial charge on any atom is 0.417 e. The molecule has 0 bridgehead atoms. The lowest BCUT2D eigenvalue weighted by Gasteiger charge is -2.34. The predicted molar refractivity (Wildman–Crippen MR) is 104 cm³/mol. The van der Waals surface area contributed by atoms with E-state index in [9.17, 15) is 18.0 Å². The molecule has 27 heavy (non-hydrogen) atoms. The highest BCUT2D eigenvalue weighted by molar-refractivity contribution is 7.10. The Morgan fingerprint density at radius 1 is 1.26 bits per heavy atom. The van der Waals surface area contributed by atoms with E-state index in [0.29, 0.717) is 11.5 Å². The molecule has 1 aliphatic rings. The molecule has 1 aliphatic carbocycles. The lowest BCUT2D eigenvalue weighted by atomic mass is 9.72. The molecular formula is C20H21ClF3NOS. The first-order chi connectivity index (χ1) is 12.5. The first kappa shape index (κ1) is 20.2. The van der Waals surface area contributed by atoms with Crippen LogP contribution in [0.2, 0.25) is 5.02 Å². The number of rotatable bonds is 2. The van der Waals surface area contributed by atoms with Crippen LogP contribution in [0.15, 0.2) is 23.6 Å². The van der Waals surface area contributed by atoms with Gasteiger partial charge in [0.25, 0.3) is 5.91 Å². The molecular weight excluding hydrogens is 395 g/mol. The number of hydrogen-bond acceptors (Lipinski definition) is 2. The Bertz CT molecular complexity index is 867. The fraction of sp³-hybridized carbons (Fsp3) is 0.450. The highest BCUT2D eigenvalue weighted by atomic mass is 35.5. The minimum absolute atomic E-state index is 0.0834. The molecule has 3 rings (SSSR count). The van der Waals surface area contributed by atoms with E-state index in [1.54, 1.807) is 11.3 Å². The van der Waals surface area contributed by atoms with Gasteiger partial charge in [-0.05, 0) is 54.4 Å². The van der Waals surface area contributed by atoms with Crippen LogP contribution in [-0.2, 0) is 19.0 Å². The second-order valence-electron chi connectivity index (χ2n) is 8.00. The van der Waals surface area contributed by atoms with Crippen LogP contribution in [0, 0.1) is 11.3 Å². The van der Waals surface area contributed by atoms with Crippen LogP contribution in [0.3, 0.4) is 0 Å². The van der Waals surface area contributed by atoms with Gasteiger partial charge < -0.3 is 5.32 Å². The average Bonchev–Trinajstić information content (AvgIpc) is 2.98. The number of anilines is 1. The molecule has 7 heteroatoms. The average molecular weight is 416 g/mol. The molecule has 0 aliphatic heterocycles. The molecule has 1 aromatic carbocycles. The van der Waals surface area contributed by atoms with E-state index in [1.165, 1.54) is 10.9 Å². The summed E-state index contributed by atoms with van der Waals surface area (Å²) in [4.78, 5) is 13.9. The standard InChI is InChI=1S/C20H21ClF3NOS/c1-19(2,3)11-4-6-13-14(10-27-17(13)8-11)18(26)25-12-5-7-16(21)15(9-12)20(22,23)24/h5,7,9-11H,4,6,8H2,1-3H3,(H,25,26). The van der Waals surface area contributed by atoms with E-state index in [-0.39, 0.29) is 22.0 Å². The minimum atomic E-state index is -4.57. The van der Waals surface area contributed by atoms with Gasteiger partial charge in [-0.2, -0.15) is 13.2 Å². The predicted octanol–water partition coefficient (Wildman–Crippen LogP) is 6.82. The Morgan fingerprint density at radius 3 is 2.59 bits per heavy atom. The van der Waals surface area contributed by atoms with Crippen molar-refractivity contribution in [2.45, 2.75) is 46.2 Å². The van der Waals surface area contributed by atoms with Gasteiger partial charge in [-0.15, -0.1) is 11.3 Å². The Balaban J connectivity index is 1.80. The summed E-state index contributed by atoms with van der Waals surface area (Å²) < 4.78 is 39.0. The summed E-state index contributed by atoms with van der Waals surface area (Å²) in [5, 5.41) is 4.01. The van der Waals surface area contributed by atoms with Gasteiger partial charge in [0.1, 0.15) is 0 Å². The highest BCUT2D eigenvalue weighted by Crippen LogP contribution is 2.41. The van der Waals surface area contributed by atoms with Gasteiger partial charge in [0.05, 0.1) is 16.1 Å². The van der Waals surface area contributed by atoms with Gasteiger partial charge in [-0.25, -0.2) is 0 Å². The molecule has 1 amide bonds. The van der Waals surface area contributed by atoms with Crippen molar-refractivity contribution in [3.8, 4) is 0 Å². The lowest BCUT2D eigenvalue weighted by Crippen LogP contribution is -2.27. The molecule has 146 valence electrons. The SMILES string of the molecule is CC(C)(C)C1CCc2c(C(=O)Nc3ccc(Cl)c(C(F)(F)F)c3)csc2C1.